The van der Waals surface area contributed by atoms with Crippen LogP contribution in [-0.2, 0) is 0 Å². The Bertz CT molecular complexity index is 454. The fourth-order valence-electron chi connectivity index (χ4n) is 2.62. The minimum atomic E-state index is 0.502. The maximum Gasteiger partial charge on any atom is 0.153 e. The van der Waals surface area contributed by atoms with Crippen LogP contribution in [0.15, 0.2) is 18.2 Å². The molecule has 0 unspecified atom stereocenters. The summed E-state index contributed by atoms with van der Waals surface area (Å²) >= 11 is 0. The van der Waals surface area contributed by atoms with Crippen molar-refractivity contribution in [3.8, 4) is 5.75 Å². The van der Waals surface area contributed by atoms with Gasteiger partial charge in [0, 0.05) is 5.56 Å². The lowest BCUT2D eigenvalue weighted by atomic mass is 10.1. The van der Waals surface area contributed by atoms with Gasteiger partial charge in [-0.2, -0.15) is 0 Å². The van der Waals surface area contributed by atoms with E-state index >= 15 is 0 Å². The standard InChI is InChI=1S/C20H30O3/c1-2-3-4-5-6-7-8-9-10-11-14-23-20-15-18(16-21)12-13-19(20)17-22/h12-13,15-17H,2-11,14H2,1H3. The van der Waals surface area contributed by atoms with E-state index in [-0.39, 0.29) is 0 Å². The van der Waals surface area contributed by atoms with E-state index in [4.69, 9.17) is 4.74 Å². The normalized spacial score (nSPS) is 10.5. The third-order valence-electron chi connectivity index (χ3n) is 4.06. The first-order valence-electron chi connectivity index (χ1n) is 8.99. The molecular formula is C20H30O3. The van der Waals surface area contributed by atoms with Crippen molar-refractivity contribution in [2.24, 2.45) is 0 Å². The van der Waals surface area contributed by atoms with E-state index in [1.54, 1.807) is 18.2 Å². The van der Waals surface area contributed by atoms with E-state index < -0.39 is 0 Å². The number of aldehydes is 2. The SMILES string of the molecule is CCCCCCCCCCCCOc1cc(C=O)ccc1C=O. The molecule has 0 atom stereocenters. The van der Waals surface area contributed by atoms with E-state index in [0.29, 0.717) is 23.5 Å². The number of ether oxygens (including phenoxy) is 1. The lowest BCUT2D eigenvalue weighted by Gasteiger charge is -2.09. The predicted octanol–water partition coefficient (Wildman–Crippen LogP) is 5.61. The van der Waals surface area contributed by atoms with E-state index in [9.17, 15) is 9.59 Å². The summed E-state index contributed by atoms with van der Waals surface area (Å²) in [7, 11) is 0. The summed E-state index contributed by atoms with van der Waals surface area (Å²) < 4.78 is 5.65. The summed E-state index contributed by atoms with van der Waals surface area (Å²) in [6, 6.07) is 4.89. The minimum absolute atomic E-state index is 0.502. The van der Waals surface area contributed by atoms with Gasteiger partial charge in [0.1, 0.15) is 12.0 Å². The molecule has 0 saturated carbocycles. The lowest BCUT2D eigenvalue weighted by Crippen LogP contribution is -2.01. The van der Waals surface area contributed by atoms with Gasteiger partial charge in [-0.15, -0.1) is 0 Å². The summed E-state index contributed by atoms with van der Waals surface area (Å²) in [6.07, 6.45) is 14.3. The lowest BCUT2D eigenvalue weighted by molar-refractivity contribution is 0.110. The third kappa shape index (κ3) is 8.53. The fourth-order valence-corrected chi connectivity index (χ4v) is 2.62. The van der Waals surface area contributed by atoms with Gasteiger partial charge in [-0.3, -0.25) is 9.59 Å². The Morgan fingerprint density at radius 3 is 2.00 bits per heavy atom. The molecule has 0 aliphatic heterocycles. The molecule has 3 heteroatoms. The van der Waals surface area contributed by atoms with Gasteiger partial charge >= 0.3 is 0 Å². The molecule has 1 aromatic carbocycles. The number of rotatable bonds is 14. The third-order valence-corrected chi connectivity index (χ3v) is 4.06. The second-order valence-electron chi connectivity index (χ2n) is 6.06. The van der Waals surface area contributed by atoms with Gasteiger partial charge < -0.3 is 4.74 Å². The van der Waals surface area contributed by atoms with Gasteiger partial charge in [0.25, 0.3) is 0 Å². The van der Waals surface area contributed by atoms with E-state index in [1.807, 2.05) is 0 Å². The number of benzene rings is 1. The van der Waals surface area contributed by atoms with Crippen LogP contribution in [0.25, 0.3) is 0 Å². The van der Waals surface area contributed by atoms with Crippen molar-refractivity contribution in [3.05, 3.63) is 29.3 Å². The molecule has 0 amide bonds. The van der Waals surface area contributed by atoms with Gasteiger partial charge in [-0.05, 0) is 18.6 Å². The summed E-state index contributed by atoms with van der Waals surface area (Å²) in [6.45, 7) is 2.84. The molecule has 23 heavy (non-hydrogen) atoms. The monoisotopic (exact) mass is 318 g/mol. The molecule has 0 N–H and O–H groups in total. The van der Waals surface area contributed by atoms with Crippen LogP contribution in [0.3, 0.4) is 0 Å². The van der Waals surface area contributed by atoms with Crippen molar-refractivity contribution in [1.29, 1.82) is 0 Å². The molecule has 128 valence electrons. The summed E-state index contributed by atoms with van der Waals surface area (Å²) in [5.74, 6) is 0.514. The van der Waals surface area contributed by atoms with Crippen LogP contribution >= 0.6 is 0 Å². The number of hydrogen-bond donors (Lipinski definition) is 0. The van der Waals surface area contributed by atoms with E-state index in [1.165, 1.54) is 51.4 Å². The van der Waals surface area contributed by atoms with Crippen LogP contribution in [0.2, 0.25) is 0 Å². The molecule has 0 fully saturated rings. The van der Waals surface area contributed by atoms with Crippen molar-refractivity contribution in [3.63, 3.8) is 0 Å². The first kappa shape index (κ1) is 19.4. The van der Waals surface area contributed by atoms with Crippen molar-refractivity contribution in [2.75, 3.05) is 6.61 Å². The zero-order valence-electron chi connectivity index (χ0n) is 14.4. The first-order chi connectivity index (χ1) is 11.3. The Morgan fingerprint density at radius 1 is 0.826 bits per heavy atom. The summed E-state index contributed by atoms with van der Waals surface area (Å²) in [5.41, 5.74) is 1.04. The average molecular weight is 318 g/mol. The second kappa shape index (κ2) is 12.9. The van der Waals surface area contributed by atoms with E-state index in [0.717, 1.165) is 25.4 Å². The number of carbonyl (C=O) groups is 2. The second-order valence-corrected chi connectivity index (χ2v) is 6.06. The summed E-state index contributed by atoms with van der Waals surface area (Å²) in [4.78, 5) is 21.7. The Balaban J connectivity index is 2.09. The van der Waals surface area contributed by atoms with Crippen molar-refractivity contribution in [2.45, 2.75) is 71.1 Å². The quantitative estimate of drug-likeness (QED) is 0.331. The van der Waals surface area contributed by atoms with Crippen LogP contribution < -0.4 is 4.74 Å². The molecular weight excluding hydrogens is 288 g/mol. The largest absolute Gasteiger partial charge is 0.493 e. The molecule has 0 aliphatic carbocycles. The Kier molecular flexibility index (Phi) is 10.9. The van der Waals surface area contributed by atoms with Crippen LogP contribution in [-0.4, -0.2) is 19.2 Å². The Morgan fingerprint density at radius 2 is 1.43 bits per heavy atom. The van der Waals surface area contributed by atoms with Crippen LogP contribution in [0.5, 0.6) is 5.75 Å². The average Bonchev–Trinajstić information content (AvgIpc) is 2.59. The van der Waals surface area contributed by atoms with Crippen molar-refractivity contribution >= 4 is 12.6 Å². The highest BCUT2D eigenvalue weighted by atomic mass is 16.5. The maximum absolute atomic E-state index is 11.0. The highest BCUT2D eigenvalue weighted by Gasteiger charge is 2.04. The topological polar surface area (TPSA) is 43.4 Å². The number of unbranched alkanes of at least 4 members (excludes halogenated alkanes) is 9. The summed E-state index contributed by atoms with van der Waals surface area (Å²) in [5, 5.41) is 0. The Labute approximate surface area is 140 Å². The van der Waals surface area contributed by atoms with Gasteiger partial charge in [0.15, 0.2) is 6.29 Å². The smallest absolute Gasteiger partial charge is 0.153 e. The fraction of sp³-hybridized carbons (Fsp3) is 0.600. The molecule has 0 aromatic heterocycles. The zero-order valence-corrected chi connectivity index (χ0v) is 14.4. The van der Waals surface area contributed by atoms with E-state index in [2.05, 4.69) is 6.92 Å². The van der Waals surface area contributed by atoms with Crippen molar-refractivity contribution in [1.82, 2.24) is 0 Å². The van der Waals surface area contributed by atoms with Crippen LogP contribution in [0.4, 0.5) is 0 Å². The molecule has 0 aliphatic rings. The molecule has 0 bridgehead atoms. The van der Waals surface area contributed by atoms with Gasteiger partial charge in [0.2, 0.25) is 0 Å². The molecule has 1 rings (SSSR count). The molecule has 0 saturated heterocycles. The highest BCUT2D eigenvalue weighted by Crippen LogP contribution is 2.19. The highest BCUT2D eigenvalue weighted by molar-refractivity contribution is 5.83. The minimum Gasteiger partial charge on any atom is -0.493 e. The Hall–Kier alpha value is -1.64. The van der Waals surface area contributed by atoms with Gasteiger partial charge in [0.05, 0.1) is 12.2 Å². The molecule has 0 radical (unpaired) electrons. The zero-order chi connectivity index (χ0) is 16.8. The van der Waals surface area contributed by atoms with Crippen molar-refractivity contribution < 1.29 is 14.3 Å². The number of hydrogen-bond acceptors (Lipinski definition) is 3. The number of carbonyl (C=O) groups excluding carboxylic acids is 2. The molecule has 0 spiro atoms. The predicted molar refractivity (Wildman–Crippen MR) is 94.6 cm³/mol. The van der Waals surface area contributed by atoms with Gasteiger partial charge in [-0.25, -0.2) is 0 Å². The molecule has 0 heterocycles. The first-order valence-corrected chi connectivity index (χ1v) is 8.99. The molecule has 3 nitrogen and oxygen atoms in total. The van der Waals surface area contributed by atoms with Gasteiger partial charge in [-0.1, -0.05) is 70.8 Å². The van der Waals surface area contributed by atoms with Crippen LogP contribution in [0.1, 0.15) is 91.8 Å². The maximum atomic E-state index is 11.0. The molecule has 1 aromatic rings. The van der Waals surface area contributed by atoms with Crippen LogP contribution in [0, 0.1) is 0 Å².